The highest BCUT2D eigenvalue weighted by Crippen LogP contribution is 2.04. The fraction of sp³-hybridized carbons (Fsp3) is 0.667. The van der Waals surface area contributed by atoms with Crippen LogP contribution in [0.5, 0.6) is 0 Å². The van der Waals surface area contributed by atoms with E-state index < -0.39 is 0 Å². The first-order valence-electron chi connectivity index (χ1n) is 3.20. The van der Waals surface area contributed by atoms with Crippen molar-refractivity contribution in [2.24, 2.45) is 5.73 Å². The Bertz CT molecular complexity index is 131. The summed E-state index contributed by atoms with van der Waals surface area (Å²) in [6, 6.07) is 0. The topological polar surface area (TPSA) is 47.3 Å². The van der Waals surface area contributed by atoms with Crippen LogP contribution in [0.3, 0.4) is 0 Å². The molecule has 1 heterocycles. The highest BCUT2D eigenvalue weighted by atomic mass is 16.5. The Morgan fingerprint density at radius 1 is 1.78 bits per heavy atom. The summed E-state index contributed by atoms with van der Waals surface area (Å²) in [6.07, 6.45) is 0.922. The van der Waals surface area contributed by atoms with Gasteiger partial charge in [0, 0.05) is 6.54 Å². The van der Waals surface area contributed by atoms with Crippen molar-refractivity contribution >= 4 is 0 Å². The average molecular weight is 128 g/mol. The summed E-state index contributed by atoms with van der Waals surface area (Å²) < 4.78 is 5.08. The van der Waals surface area contributed by atoms with Crippen molar-refractivity contribution in [2.45, 2.75) is 13.3 Å². The van der Waals surface area contributed by atoms with Crippen molar-refractivity contribution in [1.29, 1.82) is 0 Å². The van der Waals surface area contributed by atoms with Gasteiger partial charge in [-0.25, -0.2) is 0 Å². The third kappa shape index (κ3) is 1.28. The second-order valence-corrected chi connectivity index (χ2v) is 1.97. The Balaban J connectivity index is 2.59. The van der Waals surface area contributed by atoms with E-state index >= 15 is 0 Å². The molecule has 0 aromatic rings. The Hall–Kier alpha value is -0.860. The van der Waals surface area contributed by atoms with Crippen LogP contribution in [0.1, 0.15) is 13.3 Å². The van der Waals surface area contributed by atoms with Crippen LogP contribution in [0.4, 0.5) is 0 Å². The normalized spacial score (nSPS) is 18.8. The van der Waals surface area contributed by atoms with Gasteiger partial charge in [-0.1, -0.05) is 6.92 Å². The summed E-state index contributed by atoms with van der Waals surface area (Å²) in [6.45, 7) is 3.61. The van der Waals surface area contributed by atoms with E-state index in [9.17, 15) is 0 Å². The molecule has 1 aliphatic heterocycles. The molecule has 0 spiro atoms. The molecule has 0 aromatic heterocycles. The van der Waals surface area contributed by atoms with E-state index in [-0.39, 0.29) is 0 Å². The Morgan fingerprint density at radius 2 is 2.56 bits per heavy atom. The van der Waals surface area contributed by atoms with Gasteiger partial charge in [-0.3, -0.25) is 0 Å². The van der Waals surface area contributed by atoms with Crippen molar-refractivity contribution in [3.8, 4) is 0 Å². The largest absolute Gasteiger partial charge is 0.476 e. The van der Waals surface area contributed by atoms with Crippen LogP contribution in [0, 0.1) is 0 Å². The third-order valence-electron chi connectivity index (χ3n) is 1.35. The number of ether oxygens (including phenoxy) is 1. The number of hydrogen-bond acceptors (Lipinski definition) is 3. The highest BCUT2D eigenvalue weighted by molar-refractivity contribution is 5.04. The van der Waals surface area contributed by atoms with Crippen molar-refractivity contribution in [1.82, 2.24) is 5.32 Å². The van der Waals surface area contributed by atoms with E-state index in [2.05, 4.69) is 5.32 Å². The number of allylic oxidation sites excluding steroid dienone is 1. The van der Waals surface area contributed by atoms with Crippen LogP contribution >= 0.6 is 0 Å². The molecule has 0 aliphatic carbocycles. The molecule has 0 aromatic carbocycles. The predicted octanol–water partition coefficient (Wildman–Crippen LogP) is 0.144. The summed E-state index contributed by atoms with van der Waals surface area (Å²) in [7, 11) is 0. The molecule has 0 atom stereocenters. The molecular formula is C6H12N2O. The number of rotatable bonds is 1. The molecule has 0 fully saturated rings. The number of nitrogens with one attached hydrogen (secondary N) is 1. The van der Waals surface area contributed by atoms with Crippen LogP contribution in [0.2, 0.25) is 0 Å². The van der Waals surface area contributed by atoms with Gasteiger partial charge in [0.25, 0.3) is 0 Å². The summed E-state index contributed by atoms with van der Waals surface area (Å²) in [5, 5.41) is 3.15. The summed E-state index contributed by atoms with van der Waals surface area (Å²) in [5.41, 5.74) is 6.51. The molecule has 0 bridgehead atoms. The van der Waals surface area contributed by atoms with Crippen molar-refractivity contribution in [2.75, 3.05) is 13.2 Å². The lowest BCUT2D eigenvalue weighted by Crippen LogP contribution is -2.29. The van der Waals surface area contributed by atoms with Gasteiger partial charge in [-0.2, -0.15) is 0 Å². The van der Waals surface area contributed by atoms with Gasteiger partial charge >= 0.3 is 0 Å². The highest BCUT2D eigenvalue weighted by Gasteiger charge is 2.06. The van der Waals surface area contributed by atoms with Crippen molar-refractivity contribution in [3.05, 3.63) is 11.6 Å². The van der Waals surface area contributed by atoms with Crippen LogP contribution in [-0.2, 0) is 4.74 Å². The molecule has 1 aliphatic rings. The maximum atomic E-state index is 5.48. The second kappa shape index (κ2) is 2.62. The van der Waals surface area contributed by atoms with Crippen molar-refractivity contribution in [3.63, 3.8) is 0 Å². The third-order valence-corrected chi connectivity index (χ3v) is 1.35. The lowest BCUT2D eigenvalue weighted by molar-refractivity contribution is 0.186. The smallest absolute Gasteiger partial charge is 0.203 e. The second-order valence-electron chi connectivity index (χ2n) is 1.97. The van der Waals surface area contributed by atoms with E-state index in [0.29, 0.717) is 12.5 Å². The minimum absolute atomic E-state index is 0.559. The van der Waals surface area contributed by atoms with Gasteiger partial charge in [0.05, 0.1) is 5.70 Å². The van der Waals surface area contributed by atoms with E-state index in [1.54, 1.807) is 0 Å². The standard InChI is InChI=1S/C6H12N2O/c1-2-5-6(7)9-4-3-8-5/h8H,2-4,7H2,1H3. The lowest BCUT2D eigenvalue weighted by Gasteiger charge is -2.18. The maximum Gasteiger partial charge on any atom is 0.203 e. The average Bonchev–Trinajstić information content (AvgIpc) is 1.89. The molecule has 1 rings (SSSR count). The van der Waals surface area contributed by atoms with Gasteiger partial charge < -0.3 is 15.8 Å². The lowest BCUT2D eigenvalue weighted by atomic mass is 10.3. The molecular weight excluding hydrogens is 116 g/mol. The van der Waals surface area contributed by atoms with E-state index in [0.717, 1.165) is 18.7 Å². The molecule has 3 N–H and O–H groups in total. The van der Waals surface area contributed by atoms with Crippen molar-refractivity contribution < 1.29 is 4.74 Å². The molecule has 9 heavy (non-hydrogen) atoms. The monoisotopic (exact) mass is 128 g/mol. The van der Waals surface area contributed by atoms with Gasteiger partial charge in [0.1, 0.15) is 6.61 Å². The zero-order chi connectivity index (χ0) is 6.69. The van der Waals surface area contributed by atoms with E-state index in [4.69, 9.17) is 10.5 Å². The first-order chi connectivity index (χ1) is 4.34. The zero-order valence-electron chi connectivity index (χ0n) is 5.61. The van der Waals surface area contributed by atoms with Gasteiger partial charge in [-0.15, -0.1) is 0 Å². The van der Waals surface area contributed by atoms with E-state index in [1.807, 2.05) is 6.92 Å². The predicted molar refractivity (Wildman–Crippen MR) is 35.5 cm³/mol. The van der Waals surface area contributed by atoms with Crippen LogP contribution in [0.25, 0.3) is 0 Å². The zero-order valence-corrected chi connectivity index (χ0v) is 5.61. The molecule has 0 amide bonds. The van der Waals surface area contributed by atoms with E-state index in [1.165, 1.54) is 0 Å². The number of nitrogens with two attached hydrogens (primary N) is 1. The summed E-state index contributed by atoms with van der Waals surface area (Å²) in [5.74, 6) is 0.559. The fourth-order valence-electron chi connectivity index (χ4n) is 0.836. The maximum absolute atomic E-state index is 5.48. The molecule has 0 unspecified atom stereocenters. The molecule has 3 heteroatoms. The van der Waals surface area contributed by atoms with Crippen LogP contribution < -0.4 is 11.1 Å². The van der Waals surface area contributed by atoms with Gasteiger partial charge in [0.15, 0.2) is 0 Å². The molecule has 0 saturated heterocycles. The molecule has 0 saturated carbocycles. The van der Waals surface area contributed by atoms with Crippen LogP contribution in [-0.4, -0.2) is 13.2 Å². The number of hydrogen-bond donors (Lipinski definition) is 2. The quantitative estimate of drug-likeness (QED) is 0.528. The molecule has 0 radical (unpaired) electrons. The molecule has 52 valence electrons. The van der Waals surface area contributed by atoms with Gasteiger partial charge in [0.2, 0.25) is 5.88 Å². The Labute approximate surface area is 54.9 Å². The SMILES string of the molecule is CCC1=C(N)OCCN1. The first-order valence-corrected chi connectivity index (χ1v) is 3.20. The van der Waals surface area contributed by atoms with Crippen LogP contribution in [0.15, 0.2) is 11.6 Å². The summed E-state index contributed by atoms with van der Waals surface area (Å²) >= 11 is 0. The fourth-order valence-corrected chi connectivity index (χ4v) is 0.836. The van der Waals surface area contributed by atoms with Gasteiger partial charge in [-0.05, 0) is 6.42 Å². The minimum atomic E-state index is 0.559. The Morgan fingerprint density at radius 3 is 3.00 bits per heavy atom. The Kier molecular flexibility index (Phi) is 1.82. The minimum Gasteiger partial charge on any atom is -0.476 e. The summed E-state index contributed by atoms with van der Waals surface area (Å²) in [4.78, 5) is 0. The molecule has 3 nitrogen and oxygen atoms in total. The first kappa shape index (κ1) is 6.26.